The molecule has 2 aromatic heterocycles. The van der Waals surface area contributed by atoms with Crippen molar-refractivity contribution >= 4 is 28.4 Å². The van der Waals surface area contributed by atoms with Gasteiger partial charge in [0.05, 0.1) is 17.1 Å². The van der Waals surface area contributed by atoms with Crippen LogP contribution in [0, 0.1) is 0 Å². The molecule has 0 spiro atoms. The van der Waals surface area contributed by atoms with E-state index in [2.05, 4.69) is 20.6 Å². The predicted molar refractivity (Wildman–Crippen MR) is 127 cm³/mol. The molecule has 6 rings (SSSR count). The van der Waals surface area contributed by atoms with Gasteiger partial charge in [-0.3, -0.25) is 4.79 Å². The number of carbonyl (C=O) groups is 1. The molecule has 4 N–H and O–H groups in total. The number of anilines is 2. The first-order valence-corrected chi connectivity index (χ1v) is 11.2. The van der Waals surface area contributed by atoms with Crippen LogP contribution in [-0.4, -0.2) is 45.5 Å². The Hall–Kier alpha value is -4.18. The third-order valence-corrected chi connectivity index (χ3v) is 6.19. The highest BCUT2D eigenvalue weighted by Gasteiger charge is 2.29. The van der Waals surface area contributed by atoms with E-state index in [9.17, 15) is 4.79 Å². The second-order valence-electron chi connectivity index (χ2n) is 8.30. The number of piperidine rings is 1. The number of rotatable bonds is 4. The lowest BCUT2D eigenvalue weighted by Crippen LogP contribution is -2.32. The standard InChI is InChI=1S/C24H23N7O3/c25-22-18-19(30-31(23(18)28-12-27-22)15-7-4-10-26-11-15)16-8-9-17(21-20(16)33-13-34-21)29-24(32)14-5-2-1-3-6-14/h1-3,5-6,8-9,12,15,26H,4,7,10-11,13H2,(H,29,32)(H2,25,27,28)/t15-/m1/s1. The highest BCUT2D eigenvalue weighted by Crippen LogP contribution is 2.48. The Labute approximate surface area is 195 Å². The van der Waals surface area contributed by atoms with E-state index in [4.69, 9.17) is 20.3 Å². The van der Waals surface area contributed by atoms with Gasteiger partial charge in [-0.25, -0.2) is 14.6 Å². The summed E-state index contributed by atoms with van der Waals surface area (Å²) in [5.74, 6) is 1.08. The molecule has 172 valence electrons. The second-order valence-corrected chi connectivity index (χ2v) is 8.30. The number of nitrogens with zero attached hydrogens (tertiary/aromatic N) is 4. The third-order valence-electron chi connectivity index (χ3n) is 6.19. The zero-order chi connectivity index (χ0) is 23.1. The van der Waals surface area contributed by atoms with E-state index in [1.807, 2.05) is 28.9 Å². The van der Waals surface area contributed by atoms with Crippen molar-refractivity contribution in [1.82, 2.24) is 25.1 Å². The van der Waals surface area contributed by atoms with E-state index >= 15 is 0 Å². The largest absolute Gasteiger partial charge is 0.453 e. The number of nitrogens with one attached hydrogen (secondary N) is 2. The molecule has 0 radical (unpaired) electrons. The van der Waals surface area contributed by atoms with Gasteiger partial charge in [0.1, 0.15) is 17.8 Å². The summed E-state index contributed by atoms with van der Waals surface area (Å²) < 4.78 is 13.5. The van der Waals surface area contributed by atoms with Crippen LogP contribution in [-0.2, 0) is 0 Å². The quantitative estimate of drug-likeness (QED) is 0.427. The van der Waals surface area contributed by atoms with Gasteiger partial charge in [-0.1, -0.05) is 18.2 Å². The van der Waals surface area contributed by atoms with Gasteiger partial charge in [0.2, 0.25) is 6.79 Å². The number of nitrogens with two attached hydrogens (primary N) is 1. The maximum Gasteiger partial charge on any atom is 0.255 e. The Kier molecular flexibility index (Phi) is 4.99. The molecule has 4 aromatic rings. The van der Waals surface area contributed by atoms with Crippen molar-refractivity contribution in [3.63, 3.8) is 0 Å². The normalized spacial score (nSPS) is 17.1. The predicted octanol–water partition coefficient (Wildman–Crippen LogP) is 2.98. The average Bonchev–Trinajstić information content (AvgIpc) is 3.52. The monoisotopic (exact) mass is 457 g/mol. The fraction of sp³-hybridized carbons (Fsp3) is 0.250. The van der Waals surface area contributed by atoms with E-state index in [-0.39, 0.29) is 18.7 Å². The Morgan fingerprint density at radius 2 is 1.97 bits per heavy atom. The molecule has 2 aliphatic heterocycles. The molecule has 2 aromatic carbocycles. The van der Waals surface area contributed by atoms with Gasteiger partial charge >= 0.3 is 0 Å². The second kappa shape index (κ2) is 8.31. The number of fused-ring (bicyclic) bond motifs is 2. The molecule has 0 bridgehead atoms. The van der Waals surface area contributed by atoms with Crippen LogP contribution < -0.4 is 25.8 Å². The molecule has 0 saturated carbocycles. The molecule has 10 heteroatoms. The molecule has 1 fully saturated rings. The maximum absolute atomic E-state index is 12.7. The van der Waals surface area contributed by atoms with Crippen LogP contribution in [0.5, 0.6) is 11.5 Å². The topological polar surface area (TPSA) is 129 Å². The number of ether oxygens (including phenoxy) is 2. The SMILES string of the molecule is Nc1ncnc2c1c(-c1ccc(NC(=O)c3ccccc3)c3c1OCO3)nn2[C@@H]1CCCNC1. The van der Waals surface area contributed by atoms with Crippen molar-refractivity contribution in [3.8, 4) is 22.8 Å². The zero-order valence-electron chi connectivity index (χ0n) is 18.3. The van der Waals surface area contributed by atoms with E-state index in [0.717, 1.165) is 25.9 Å². The lowest BCUT2D eigenvalue weighted by Gasteiger charge is -2.23. The first-order chi connectivity index (χ1) is 16.7. The molecule has 0 aliphatic carbocycles. The highest BCUT2D eigenvalue weighted by atomic mass is 16.7. The van der Waals surface area contributed by atoms with E-state index in [1.54, 1.807) is 18.2 Å². The number of carbonyl (C=O) groups excluding carboxylic acids is 1. The number of aromatic nitrogens is 4. The fourth-order valence-electron chi connectivity index (χ4n) is 4.55. The third kappa shape index (κ3) is 3.39. The molecule has 4 heterocycles. The number of amides is 1. The summed E-state index contributed by atoms with van der Waals surface area (Å²) in [7, 11) is 0. The van der Waals surface area contributed by atoms with Crippen LogP contribution in [0.25, 0.3) is 22.3 Å². The summed E-state index contributed by atoms with van der Waals surface area (Å²) in [6.45, 7) is 1.84. The molecular weight excluding hydrogens is 434 g/mol. The van der Waals surface area contributed by atoms with Crippen LogP contribution in [0.15, 0.2) is 48.8 Å². The lowest BCUT2D eigenvalue weighted by atomic mass is 10.1. The van der Waals surface area contributed by atoms with Crippen LogP contribution in [0.4, 0.5) is 11.5 Å². The Morgan fingerprint density at radius 1 is 1.12 bits per heavy atom. The van der Waals surface area contributed by atoms with Gasteiger partial charge in [-0.2, -0.15) is 5.10 Å². The molecule has 34 heavy (non-hydrogen) atoms. The summed E-state index contributed by atoms with van der Waals surface area (Å²) in [5.41, 5.74) is 9.39. The summed E-state index contributed by atoms with van der Waals surface area (Å²) in [6, 6.07) is 12.8. The highest BCUT2D eigenvalue weighted by molar-refractivity contribution is 6.06. The van der Waals surface area contributed by atoms with Gasteiger partial charge in [0.15, 0.2) is 17.1 Å². The Bertz CT molecular complexity index is 1380. The van der Waals surface area contributed by atoms with E-state index in [0.29, 0.717) is 50.9 Å². The van der Waals surface area contributed by atoms with Crippen molar-refractivity contribution < 1.29 is 14.3 Å². The van der Waals surface area contributed by atoms with Crippen LogP contribution in [0.3, 0.4) is 0 Å². The first kappa shape index (κ1) is 20.4. The lowest BCUT2D eigenvalue weighted by molar-refractivity contribution is 0.102. The van der Waals surface area contributed by atoms with Gasteiger partial charge in [0.25, 0.3) is 5.91 Å². The summed E-state index contributed by atoms with van der Waals surface area (Å²) >= 11 is 0. The minimum Gasteiger partial charge on any atom is -0.453 e. The number of nitrogen functional groups attached to an aromatic ring is 1. The van der Waals surface area contributed by atoms with Crippen LogP contribution in [0.2, 0.25) is 0 Å². The van der Waals surface area contributed by atoms with Crippen molar-refractivity contribution in [2.75, 3.05) is 30.9 Å². The van der Waals surface area contributed by atoms with Crippen LogP contribution >= 0.6 is 0 Å². The Balaban J connectivity index is 1.44. The number of hydrogen-bond acceptors (Lipinski definition) is 8. The minimum atomic E-state index is -0.233. The molecule has 1 atom stereocenters. The van der Waals surface area contributed by atoms with Crippen molar-refractivity contribution in [2.24, 2.45) is 0 Å². The molecule has 10 nitrogen and oxygen atoms in total. The van der Waals surface area contributed by atoms with Gasteiger partial charge in [0, 0.05) is 17.7 Å². The minimum absolute atomic E-state index is 0.0394. The van der Waals surface area contributed by atoms with E-state index in [1.165, 1.54) is 6.33 Å². The van der Waals surface area contributed by atoms with Gasteiger partial charge < -0.3 is 25.8 Å². The zero-order valence-corrected chi connectivity index (χ0v) is 18.3. The molecule has 1 amide bonds. The maximum atomic E-state index is 12.7. The van der Waals surface area contributed by atoms with Gasteiger partial charge in [-0.05, 0) is 43.7 Å². The summed E-state index contributed by atoms with van der Waals surface area (Å²) in [5, 5.41) is 11.9. The first-order valence-electron chi connectivity index (χ1n) is 11.2. The average molecular weight is 457 g/mol. The summed E-state index contributed by atoms with van der Waals surface area (Å²) in [6.07, 6.45) is 3.52. The number of benzene rings is 2. The van der Waals surface area contributed by atoms with Crippen LogP contribution in [0.1, 0.15) is 29.2 Å². The smallest absolute Gasteiger partial charge is 0.255 e. The van der Waals surface area contributed by atoms with E-state index < -0.39 is 0 Å². The molecular formula is C24H23N7O3. The molecule has 1 saturated heterocycles. The number of hydrogen-bond donors (Lipinski definition) is 3. The van der Waals surface area contributed by atoms with Crippen molar-refractivity contribution in [2.45, 2.75) is 18.9 Å². The van der Waals surface area contributed by atoms with Crippen molar-refractivity contribution in [3.05, 3.63) is 54.4 Å². The fourth-order valence-corrected chi connectivity index (χ4v) is 4.55. The molecule has 2 aliphatic rings. The van der Waals surface area contributed by atoms with Crippen molar-refractivity contribution in [1.29, 1.82) is 0 Å². The molecule has 0 unspecified atom stereocenters. The van der Waals surface area contributed by atoms with Gasteiger partial charge in [-0.15, -0.1) is 0 Å². The summed E-state index contributed by atoms with van der Waals surface area (Å²) in [4.78, 5) is 21.4. The Morgan fingerprint density at radius 3 is 2.79 bits per heavy atom.